The van der Waals surface area contributed by atoms with Crippen LogP contribution in [0.25, 0.3) is 0 Å². The summed E-state index contributed by atoms with van der Waals surface area (Å²) in [6, 6.07) is 20.4. The Morgan fingerprint density at radius 3 is 2.29 bits per heavy atom. The Balaban J connectivity index is 1.40. The molecule has 0 aliphatic carbocycles. The number of aryl methyl sites for hydroxylation is 1. The van der Waals surface area contributed by atoms with Gasteiger partial charge in [-0.3, -0.25) is 0 Å². The molecular weight excluding hydrogens is 370 g/mol. The number of hydrogen-bond donors (Lipinski definition) is 1. The van der Waals surface area contributed by atoms with Crippen LogP contribution in [0, 0.1) is 6.92 Å². The first-order valence-electron chi connectivity index (χ1n) is 9.56. The van der Waals surface area contributed by atoms with Crippen molar-refractivity contribution in [3.8, 4) is 0 Å². The molecule has 1 aromatic heterocycles. The maximum absolute atomic E-state index is 5.96. The van der Waals surface area contributed by atoms with Crippen LogP contribution in [0.3, 0.4) is 0 Å². The molecule has 1 aliphatic rings. The lowest BCUT2D eigenvalue weighted by Gasteiger charge is -2.36. The van der Waals surface area contributed by atoms with E-state index in [1.165, 1.54) is 11.3 Å². The van der Waals surface area contributed by atoms with Crippen LogP contribution in [0.4, 0.5) is 17.5 Å². The molecule has 0 amide bonds. The summed E-state index contributed by atoms with van der Waals surface area (Å²) in [5.74, 6) is 1.65. The fourth-order valence-electron chi connectivity index (χ4n) is 3.38. The van der Waals surface area contributed by atoms with Crippen molar-refractivity contribution < 1.29 is 0 Å². The predicted octanol–water partition coefficient (Wildman–Crippen LogP) is 4.38. The molecule has 0 unspecified atom stereocenters. The third-order valence-corrected chi connectivity index (χ3v) is 5.17. The van der Waals surface area contributed by atoms with Crippen molar-refractivity contribution in [2.24, 2.45) is 0 Å². The number of nitrogens with one attached hydrogen (secondary N) is 1. The molecule has 6 heteroatoms. The molecule has 1 fully saturated rings. The summed E-state index contributed by atoms with van der Waals surface area (Å²) in [6.45, 7) is 6.47. The van der Waals surface area contributed by atoms with E-state index in [0.717, 1.165) is 48.7 Å². The van der Waals surface area contributed by atoms with Crippen LogP contribution < -0.4 is 15.1 Å². The average molecular weight is 394 g/mol. The van der Waals surface area contributed by atoms with Crippen LogP contribution in [0.2, 0.25) is 5.02 Å². The molecule has 0 bridgehead atoms. The van der Waals surface area contributed by atoms with Gasteiger partial charge in [-0.25, -0.2) is 4.98 Å². The van der Waals surface area contributed by atoms with Crippen molar-refractivity contribution in [3.05, 3.63) is 76.9 Å². The molecular formula is C22H24ClN5. The zero-order chi connectivity index (χ0) is 19.3. The Hall–Kier alpha value is -2.79. The molecule has 3 aromatic rings. The minimum absolute atomic E-state index is 0.703. The first-order chi connectivity index (χ1) is 13.7. The van der Waals surface area contributed by atoms with Gasteiger partial charge in [0.2, 0.25) is 5.95 Å². The summed E-state index contributed by atoms with van der Waals surface area (Å²) in [4.78, 5) is 14.1. The summed E-state index contributed by atoms with van der Waals surface area (Å²) >= 11 is 5.96. The van der Waals surface area contributed by atoms with Gasteiger partial charge >= 0.3 is 0 Å². The minimum atomic E-state index is 0.703. The van der Waals surface area contributed by atoms with Crippen molar-refractivity contribution in [3.63, 3.8) is 0 Å². The van der Waals surface area contributed by atoms with Gasteiger partial charge < -0.3 is 15.1 Å². The Morgan fingerprint density at radius 2 is 1.57 bits per heavy atom. The Morgan fingerprint density at radius 1 is 0.893 bits per heavy atom. The highest BCUT2D eigenvalue weighted by molar-refractivity contribution is 6.30. The fourth-order valence-corrected chi connectivity index (χ4v) is 3.51. The quantitative estimate of drug-likeness (QED) is 0.697. The van der Waals surface area contributed by atoms with Crippen molar-refractivity contribution in [1.29, 1.82) is 0 Å². The third kappa shape index (κ3) is 4.54. The van der Waals surface area contributed by atoms with E-state index in [9.17, 15) is 0 Å². The van der Waals surface area contributed by atoms with Crippen LogP contribution in [-0.2, 0) is 6.54 Å². The van der Waals surface area contributed by atoms with E-state index in [-0.39, 0.29) is 0 Å². The topological polar surface area (TPSA) is 44.3 Å². The Kier molecular flexibility index (Phi) is 5.63. The maximum Gasteiger partial charge on any atom is 0.227 e. The van der Waals surface area contributed by atoms with E-state index in [0.29, 0.717) is 6.54 Å². The number of nitrogens with zero attached hydrogens (tertiary/aromatic N) is 4. The highest BCUT2D eigenvalue weighted by atomic mass is 35.5. The van der Waals surface area contributed by atoms with Crippen molar-refractivity contribution >= 4 is 29.1 Å². The number of rotatable bonds is 5. The third-order valence-electron chi connectivity index (χ3n) is 4.91. The Labute approximate surface area is 171 Å². The lowest BCUT2D eigenvalue weighted by Crippen LogP contribution is -2.47. The molecule has 2 aromatic carbocycles. The smallest absolute Gasteiger partial charge is 0.227 e. The lowest BCUT2D eigenvalue weighted by atomic mass is 10.2. The summed E-state index contributed by atoms with van der Waals surface area (Å²) in [5, 5.41) is 4.15. The molecule has 0 spiro atoms. The molecule has 1 N–H and O–H groups in total. The lowest BCUT2D eigenvalue weighted by molar-refractivity contribution is 0.639. The zero-order valence-corrected chi connectivity index (χ0v) is 16.7. The summed E-state index contributed by atoms with van der Waals surface area (Å²) < 4.78 is 0. The summed E-state index contributed by atoms with van der Waals surface area (Å²) in [7, 11) is 0. The molecule has 28 heavy (non-hydrogen) atoms. The largest absolute Gasteiger partial charge is 0.368 e. The number of piperazine rings is 1. The fraction of sp³-hybridized carbons (Fsp3) is 0.273. The first-order valence-corrected chi connectivity index (χ1v) is 9.94. The molecule has 2 heterocycles. The van der Waals surface area contributed by atoms with Gasteiger partial charge in [0, 0.05) is 55.2 Å². The van der Waals surface area contributed by atoms with Gasteiger partial charge in [-0.05, 0) is 36.8 Å². The van der Waals surface area contributed by atoms with E-state index >= 15 is 0 Å². The molecule has 5 nitrogen and oxygen atoms in total. The molecule has 144 valence electrons. The van der Waals surface area contributed by atoms with Crippen LogP contribution in [-0.4, -0.2) is 36.1 Å². The maximum atomic E-state index is 5.96. The monoisotopic (exact) mass is 393 g/mol. The molecule has 0 atom stereocenters. The minimum Gasteiger partial charge on any atom is -0.368 e. The average Bonchev–Trinajstić information content (AvgIpc) is 2.74. The van der Waals surface area contributed by atoms with Crippen molar-refractivity contribution in [2.45, 2.75) is 13.5 Å². The summed E-state index contributed by atoms with van der Waals surface area (Å²) in [5.41, 5.74) is 3.41. The second-order valence-electron chi connectivity index (χ2n) is 6.98. The van der Waals surface area contributed by atoms with Gasteiger partial charge in [0.25, 0.3) is 0 Å². The highest BCUT2D eigenvalue weighted by Crippen LogP contribution is 2.20. The summed E-state index contributed by atoms with van der Waals surface area (Å²) in [6.07, 6.45) is 0. The number of benzene rings is 2. The number of aromatic nitrogens is 2. The van der Waals surface area contributed by atoms with Crippen LogP contribution in [0.1, 0.15) is 11.3 Å². The van der Waals surface area contributed by atoms with Crippen LogP contribution >= 0.6 is 11.6 Å². The van der Waals surface area contributed by atoms with Gasteiger partial charge in [0.1, 0.15) is 5.82 Å². The SMILES string of the molecule is Cc1cc(NCc2ccc(Cl)cc2)nc(N2CCN(c3ccccc3)CC2)n1. The highest BCUT2D eigenvalue weighted by Gasteiger charge is 2.19. The van der Waals surface area contributed by atoms with Gasteiger partial charge in [0.15, 0.2) is 0 Å². The standard InChI is InChI=1S/C22H24ClN5/c1-17-15-21(24-16-18-7-9-19(23)10-8-18)26-22(25-17)28-13-11-27(12-14-28)20-5-3-2-4-6-20/h2-10,15H,11-14,16H2,1H3,(H,24,25,26). The van der Waals surface area contributed by atoms with E-state index in [1.807, 2.05) is 37.3 Å². The van der Waals surface area contributed by atoms with E-state index in [2.05, 4.69) is 50.4 Å². The van der Waals surface area contributed by atoms with Crippen LogP contribution in [0.15, 0.2) is 60.7 Å². The van der Waals surface area contributed by atoms with Crippen LogP contribution in [0.5, 0.6) is 0 Å². The van der Waals surface area contributed by atoms with Crippen molar-refractivity contribution in [2.75, 3.05) is 41.3 Å². The normalized spacial score (nSPS) is 14.2. The second kappa shape index (κ2) is 8.48. The predicted molar refractivity (Wildman–Crippen MR) is 116 cm³/mol. The van der Waals surface area contributed by atoms with E-state index < -0.39 is 0 Å². The zero-order valence-electron chi connectivity index (χ0n) is 16.0. The number of hydrogen-bond acceptors (Lipinski definition) is 5. The second-order valence-corrected chi connectivity index (χ2v) is 7.42. The van der Waals surface area contributed by atoms with Gasteiger partial charge in [-0.15, -0.1) is 0 Å². The number of anilines is 3. The Bertz CT molecular complexity index is 906. The van der Waals surface area contributed by atoms with Gasteiger partial charge in [-0.1, -0.05) is 41.9 Å². The molecule has 1 aliphatic heterocycles. The molecule has 0 radical (unpaired) electrons. The van der Waals surface area contributed by atoms with Gasteiger partial charge in [-0.2, -0.15) is 4.98 Å². The molecule has 1 saturated heterocycles. The first kappa shape index (κ1) is 18.6. The molecule has 4 rings (SSSR count). The number of halogens is 1. The molecule has 0 saturated carbocycles. The van der Waals surface area contributed by atoms with E-state index in [1.54, 1.807) is 0 Å². The van der Waals surface area contributed by atoms with Gasteiger partial charge in [0.05, 0.1) is 0 Å². The van der Waals surface area contributed by atoms with Crippen molar-refractivity contribution in [1.82, 2.24) is 9.97 Å². The van der Waals surface area contributed by atoms with E-state index in [4.69, 9.17) is 16.6 Å². The number of para-hydroxylation sites is 1.